The summed E-state index contributed by atoms with van der Waals surface area (Å²) >= 11 is 0. The molecule has 1 atom stereocenters. The van der Waals surface area contributed by atoms with Crippen LogP contribution in [0.2, 0.25) is 0 Å². The summed E-state index contributed by atoms with van der Waals surface area (Å²) in [6.45, 7) is 1.52. The van der Waals surface area contributed by atoms with Crippen molar-refractivity contribution >= 4 is 11.7 Å². The SMILES string of the molecule is CC#CCC1CC(=O)CCCN1C(=O)C(F)(F)F. The van der Waals surface area contributed by atoms with Gasteiger partial charge in [0.2, 0.25) is 0 Å². The van der Waals surface area contributed by atoms with Crippen molar-refractivity contribution in [1.82, 2.24) is 4.90 Å². The summed E-state index contributed by atoms with van der Waals surface area (Å²) in [4.78, 5) is 23.4. The average molecular weight is 261 g/mol. The third-order valence-corrected chi connectivity index (χ3v) is 2.78. The van der Waals surface area contributed by atoms with E-state index < -0.39 is 18.1 Å². The lowest BCUT2D eigenvalue weighted by atomic mass is 10.1. The second-order valence-corrected chi connectivity index (χ2v) is 4.13. The maximum atomic E-state index is 12.4. The first kappa shape index (κ1) is 14.6. The number of hydrogen-bond donors (Lipinski definition) is 0. The third-order valence-electron chi connectivity index (χ3n) is 2.78. The van der Waals surface area contributed by atoms with Crippen LogP contribution in [0.4, 0.5) is 13.2 Å². The highest BCUT2D eigenvalue weighted by Gasteiger charge is 2.45. The van der Waals surface area contributed by atoms with Gasteiger partial charge >= 0.3 is 12.1 Å². The number of hydrogen-bond acceptors (Lipinski definition) is 2. The highest BCUT2D eigenvalue weighted by molar-refractivity contribution is 5.85. The highest BCUT2D eigenvalue weighted by atomic mass is 19.4. The van der Waals surface area contributed by atoms with Gasteiger partial charge in [0.05, 0.1) is 0 Å². The second kappa shape index (κ2) is 5.89. The number of halogens is 3. The van der Waals surface area contributed by atoms with Crippen LogP contribution in [-0.2, 0) is 9.59 Å². The fourth-order valence-corrected chi connectivity index (χ4v) is 1.94. The lowest BCUT2D eigenvalue weighted by Crippen LogP contribution is -2.47. The molecule has 0 aromatic heterocycles. The van der Waals surface area contributed by atoms with Crippen molar-refractivity contribution in [2.45, 2.75) is 44.8 Å². The van der Waals surface area contributed by atoms with E-state index in [-0.39, 0.29) is 38.0 Å². The van der Waals surface area contributed by atoms with E-state index in [4.69, 9.17) is 0 Å². The molecule has 6 heteroatoms. The number of rotatable bonds is 1. The molecule has 1 amide bonds. The lowest BCUT2D eigenvalue weighted by Gasteiger charge is -2.29. The molecule has 0 bridgehead atoms. The van der Waals surface area contributed by atoms with Crippen molar-refractivity contribution in [2.75, 3.05) is 6.54 Å². The van der Waals surface area contributed by atoms with Crippen LogP contribution in [0, 0.1) is 11.8 Å². The Hall–Kier alpha value is -1.51. The Bertz CT molecular complexity index is 392. The summed E-state index contributed by atoms with van der Waals surface area (Å²) in [7, 11) is 0. The van der Waals surface area contributed by atoms with Gasteiger partial charge in [-0.15, -0.1) is 11.8 Å². The number of alkyl halides is 3. The van der Waals surface area contributed by atoms with Gasteiger partial charge in [0.1, 0.15) is 5.78 Å². The molecule has 1 unspecified atom stereocenters. The standard InChI is InChI=1S/C12H14F3NO2/c1-2-3-5-9-8-10(17)6-4-7-16(9)11(18)12(13,14)15/h9H,4-8H2,1H3. The first-order valence-electron chi connectivity index (χ1n) is 5.65. The van der Waals surface area contributed by atoms with Gasteiger partial charge in [-0.1, -0.05) is 0 Å². The smallest absolute Gasteiger partial charge is 0.330 e. The molecule has 0 radical (unpaired) electrons. The molecule has 0 aromatic rings. The predicted molar refractivity (Wildman–Crippen MR) is 58.5 cm³/mol. The number of likely N-dealkylation sites (tertiary alicyclic amines) is 1. The zero-order valence-corrected chi connectivity index (χ0v) is 10.0. The van der Waals surface area contributed by atoms with E-state index in [9.17, 15) is 22.8 Å². The van der Waals surface area contributed by atoms with Gasteiger partial charge in [0, 0.05) is 31.8 Å². The number of nitrogens with zero attached hydrogens (tertiary/aromatic N) is 1. The van der Waals surface area contributed by atoms with Gasteiger partial charge in [-0.05, 0) is 13.3 Å². The summed E-state index contributed by atoms with van der Waals surface area (Å²) < 4.78 is 37.3. The van der Waals surface area contributed by atoms with Crippen LogP contribution >= 0.6 is 0 Å². The van der Waals surface area contributed by atoms with Gasteiger partial charge < -0.3 is 4.90 Å². The van der Waals surface area contributed by atoms with Crippen LogP contribution in [0.1, 0.15) is 32.6 Å². The Kier molecular flexibility index (Phi) is 4.76. The Morgan fingerprint density at radius 2 is 2.17 bits per heavy atom. The van der Waals surface area contributed by atoms with E-state index in [0.29, 0.717) is 0 Å². The van der Waals surface area contributed by atoms with Crippen molar-refractivity contribution in [1.29, 1.82) is 0 Å². The van der Waals surface area contributed by atoms with Gasteiger partial charge in [0.25, 0.3) is 0 Å². The van der Waals surface area contributed by atoms with Crippen LogP contribution in [0.5, 0.6) is 0 Å². The molecule has 1 rings (SSSR count). The van der Waals surface area contributed by atoms with Gasteiger partial charge in [-0.25, -0.2) is 0 Å². The van der Waals surface area contributed by atoms with Crippen molar-refractivity contribution in [3.05, 3.63) is 0 Å². The fourth-order valence-electron chi connectivity index (χ4n) is 1.94. The van der Waals surface area contributed by atoms with Crippen molar-refractivity contribution < 1.29 is 22.8 Å². The highest BCUT2D eigenvalue weighted by Crippen LogP contribution is 2.24. The van der Waals surface area contributed by atoms with E-state index in [1.54, 1.807) is 6.92 Å². The zero-order valence-electron chi connectivity index (χ0n) is 10.0. The molecule has 1 fully saturated rings. The molecule has 0 N–H and O–H groups in total. The number of ketones is 1. The minimum atomic E-state index is -4.90. The first-order valence-corrected chi connectivity index (χ1v) is 5.65. The Balaban J connectivity index is 2.90. The number of amides is 1. The van der Waals surface area contributed by atoms with E-state index >= 15 is 0 Å². The zero-order chi connectivity index (χ0) is 13.8. The Morgan fingerprint density at radius 3 is 2.72 bits per heavy atom. The summed E-state index contributed by atoms with van der Waals surface area (Å²) in [5, 5.41) is 0. The predicted octanol–water partition coefficient (Wildman–Crippen LogP) is 1.91. The first-order chi connectivity index (χ1) is 8.36. The van der Waals surface area contributed by atoms with Crippen LogP contribution in [-0.4, -0.2) is 35.4 Å². The molecule has 0 aromatic carbocycles. The molecule has 0 aliphatic carbocycles. The normalized spacial score (nSPS) is 21.0. The van der Waals surface area contributed by atoms with Crippen molar-refractivity contribution in [3.63, 3.8) is 0 Å². The molecule has 18 heavy (non-hydrogen) atoms. The lowest BCUT2D eigenvalue weighted by molar-refractivity contribution is -0.187. The summed E-state index contributed by atoms with van der Waals surface area (Å²) in [6.07, 6.45) is -4.35. The Morgan fingerprint density at radius 1 is 1.50 bits per heavy atom. The minimum Gasteiger partial charge on any atom is -0.330 e. The monoisotopic (exact) mass is 261 g/mol. The maximum absolute atomic E-state index is 12.4. The molecule has 100 valence electrons. The minimum absolute atomic E-state index is 0.0415. The molecule has 1 aliphatic rings. The molecule has 0 saturated carbocycles. The summed E-state index contributed by atoms with van der Waals surface area (Å²) in [5.41, 5.74) is 0. The van der Waals surface area contributed by atoms with E-state index in [0.717, 1.165) is 4.90 Å². The molecule has 1 heterocycles. The van der Waals surface area contributed by atoms with E-state index in [1.807, 2.05) is 0 Å². The van der Waals surface area contributed by atoms with Gasteiger partial charge in [-0.3, -0.25) is 9.59 Å². The molecular weight excluding hydrogens is 247 g/mol. The van der Waals surface area contributed by atoms with Crippen LogP contribution < -0.4 is 0 Å². The fraction of sp³-hybridized carbons (Fsp3) is 0.667. The van der Waals surface area contributed by atoms with Gasteiger partial charge in [0.15, 0.2) is 0 Å². The molecule has 0 spiro atoms. The third kappa shape index (κ3) is 3.76. The number of carbonyl (C=O) groups is 2. The molecule has 1 saturated heterocycles. The van der Waals surface area contributed by atoms with Crippen molar-refractivity contribution in [3.8, 4) is 11.8 Å². The molecular formula is C12H14F3NO2. The van der Waals surface area contributed by atoms with Crippen LogP contribution in [0.3, 0.4) is 0 Å². The van der Waals surface area contributed by atoms with E-state index in [2.05, 4.69) is 11.8 Å². The van der Waals surface area contributed by atoms with Crippen LogP contribution in [0.15, 0.2) is 0 Å². The van der Waals surface area contributed by atoms with Crippen LogP contribution in [0.25, 0.3) is 0 Å². The topological polar surface area (TPSA) is 37.4 Å². The number of carbonyl (C=O) groups excluding carboxylic acids is 2. The van der Waals surface area contributed by atoms with Crippen molar-refractivity contribution in [2.24, 2.45) is 0 Å². The summed E-state index contributed by atoms with van der Waals surface area (Å²) in [5.74, 6) is 3.22. The summed E-state index contributed by atoms with van der Waals surface area (Å²) in [6, 6.07) is -0.762. The quantitative estimate of drug-likeness (QED) is 0.676. The second-order valence-electron chi connectivity index (χ2n) is 4.13. The maximum Gasteiger partial charge on any atom is 0.471 e. The molecule has 3 nitrogen and oxygen atoms in total. The molecule has 1 aliphatic heterocycles. The average Bonchev–Trinajstić information content (AvgIpc) is 2.45. The van der Waals surface area contributed by atoms with Gasteiger partial charge in [-0.2, -0.15) is 13.2 Å². The largest absolute Gasteiger partial charge is 0.471 e. The number of Topliss-reactive ketones (excluding diaryl/α,β-unsaturated/α-hetero) is 1. The Labute approximate surface area is 103 Å². The van der Waals surface area contributed by atoms with E-state index in [1.165, 1.54) is 0 Å².